The second-order valence-electron chi connectivity index (χ2n) is 5.75. The largest absolute Gasteiger partial charge is 0.467 e. The van der Waals surface area contributed by atoms with Gasteiger partial charge in [-0.25, -0.2) is 13.1 Å². The van der Waals surface area contributed by atoms with E-state index in [1.54, 1.807) is 19.1 Å². The van der Waals surface area contributed by atoms with Crippen LogP contribution in [0.2, 0.25) is 5.02 Å². The molecule has 0 spiro atoms. The fourth-order valence-corrected chi connectivity index (χ4v) is 4.05. The quantitative estimate of drug-likeness (QED) is 0.820. The molecule has 24 heavy (non-hydrogen) atoms. The molecule has 1 aliphatic rings. The van der Waals surface area contributed by atoms with Gasteiger partial charge in [0.1, 0.15) is 10.7 Å². The third kappa shape index (κ3) is 3.80. The number of carbonyl (C=O) groups excluding carboxylic acids is 1. The van der Waals surface area contributed by atoms with Crippen LogP contribution in [-0.4, -0.2) is 20.4 Å². The molecule has 0 bridgehead atoms. The summed E-state index contributed by atoms with van der Waals surface area (Å²) >= 11 is 6.01. The Morgan fingerprint density at radius 2 is 2.08 bits per heavy atom. The molecule has 128 valence electrons. The maximum atomic E-state index is 12.4. The van der Waals surface area contributed by atoms with Crippen molar-refractivity contribution in [2.45, 2.75) is 36.7 Å². The van der Waals surface area contributed by atoms with Crippen LogP contribution in [0.25, 0.3) is 0 Å². The maximum absolute atomic E-state index is 12.4. The van der Waals surface area contributed by atoms with E-state index in [4.69, 9.17) is 16.0 Å². The third-order valence-corrected chi connectivity index (χ3v) is 5.70. The number of halogens is 1. The smallest absolute Gasteiger partial charge is 0.251 e. The van der Waals surface area contributed by atoms with Crippen LogP contribution in [0.1, 0.15) is 41.9 Å². The van der Waals surface area contributed by atoms with E-state index in [1.165, 1.54) is 24.5 Å². The molecule has 2 N–H and O–H groups in total. The molecule has 3 rings (SSSR count). The second-order valence-corrected chi connectivity index (χ2v) is 7.84. The lowest BCUT2D eigenvalue weighted by Gasteiger charge is -2.13. The molecule has 1 atom stereocenters. The maximum Gasteiger partial charge on any atom is 0.251 e. The van der Waals surface area contributed by atoms with Gasteiger partial charge in [0.15, 0.2) is 0 Å². The summed E-state index contributed by atoms with van der Waals surface area (Å²) in [6.45, 7) is 1.78. The number of rotatable bonds is 6. The summed E-state index contributed by atoms with van der Waals surface area (Å²) in [5.74, 6) is 0.207. The highest BCUT2D eigenvalue weighted by molar-refractivity contribution is 7.89. The molecule has 0 radical (unpaired) electrons. The Morgan fingerprint density at radius 1 is 1.33 bits per heavy atom. The first kappa shape index (κ1) is 17.0. The van der Waals surface area contributed by atoms with Crippen LogP contribution in [0.3, 0.4) is 0 Å². The summed E-state index contributed by atoms with van der Waals surface area (Å²) in [4.78, 5) is 12.3. The fraction of sp³-hybridized carbons (Fsp3) is 0.312. The van der Waals surface area contributed by atoms with Crippen molar-refractivity contribution in [1.82, 2.24) is 10.0 Å². The molecule has 8 heteroatoms. The molecule has 1 fully saturated rings. The van der Waals surface area contributed by atoms with E-state index >= 15 is 0 Å². The van der Waals surface area contributed by atoms with Gasteiger partial charge in [-0.05, 0) is 50.1 Å². The van der Waals surface area contributed by atoms with Crippen LogP contribution in [0.4, 0.5) is 0 Å². The Balaban J connectivity index is 1.81. The minimum atomic E-state index is -3.74. The molecule has 1 amide bonds. The molecule has 1 saturated carbocycles. The average molecular weight is 369 g/mol. The van der Waals surface area contributed by atoms with Crippen LogP contribution in [-0.2, 0) is 10.0 Å². The summed E-state index contributed by atoms with van der Waals surface area (Å²) in [6, 6.07) is 7.29. The van der Waals surface area contributed by atoms with Gasteiger partial charge in [0.05, 0.1) is 17.3 Å². The molecule has 6 nitrogen and oxygen atoms in total. The predicted molar refractivity (Wildman–Crippen MR) is 89.4 cm³/mol. The van der Waals surface area contributed by atoms with E-state index in [-0.39, 0.29) is 27.6 Å². The molecule has 1 aromatic heterocycles. The highest BCUT2D eigenvalue weighted by atomic mass is 35.5. The van der Waals surface area contributed by atoms with Crippen LogP contribution >= 0.6 is 11.6 Å². The van der Waals surface area contributed by atoms with Crippen molar-refractivity contribution < 1.29 is 17.6 Å². The molecular weight excluding hydrogens is 352 g/mol. The summed E-state index contributed by atoms with van der Waals surface area (Å²) in [5.41, 5.74) is 0.217. The predicted octanol–water partition coefficient (Wildman–Crippen LogP) is 2.86. The average Bonchev–Trinajstić information content (AvgIpc) is 3.15. The number of nitrogens with one attached hydrogen (secondary N) is 2. The van der Waals surface area contributed by atoms with Gasteiger partial charge in [-0.1, -0.05) is 11.6 Å². The normalized spacial score (nSPS) is 15.9. The molecular formula is C16H17ClN2O4S. The number of carbonyl (C=O) groups is 1. The van der Waals surface area contributed by atoms with Crippen molar-refractivity contribution >= 4 is 27.5 Å². The van der Waals surface area contributed by atoms with Gasteiger partial charge in [-0.15, -0.1) is 0 Å². The van der Waals surface area contributed by atoms with Crippen LogP contribution in [0.5, 0.6) is 0 Å². The van der Waals surface area contributed by atoms with E-state index in [0.717, 1.165) is 12.8 Å². The molecule has 0 aliphatic heterocycles. The van der Waals surface area contributed by atoms with Gasteiger partial charge in [0, 0.05) is 11.6 Å². The zero-order chi connectivity index (χ0) is 17.3. The number of benzene rings is 1. The SMILES string of the molecule is C[C@H](NC(=O)c1ccc(Cl)c(S(=O)(=O)NC2CC2)c1)c1ccco1. The number of hydrogen-bond donors (Lipinski definition) is 2. The highest BCUT2D eigenvalue weighted by Gasteiger charge is 2.29. The minimum Gasteiger partial charge on any atom is -0.467 e. The zero-order valence-electron chi connectivity index (χ0n) is 13.0. The lowest BCUT2D eigenvalue weighted by atomic mass is 10.2. The standard InChI is InChI=1S/C16H17ClN2O4S/c1-10(14-3-2-8-23-14)18-16(20)11-4-7-13(17)15(9-11)24(21,22)19-12-5-6-12/h2-4,7-10,12,19H,5-6H2,1H3,(H,18,20)/t10-/m0/s1. The molecule has 0 saturated heterocycles. The van der Waals surface area contributed by atoms with E-state index < -0.39 is 15.9 Å². The third-order valence-electron chi connectivity index (χ3n) is 3.70. The topological polar surface area (TPSA) is 88.4 Å². The Kier molecular flexibility index (Phi) is 4.67. The number of sulfonamides is 1. The summed E-state index contributed by atoms with van der Waals surface area (Å²) in [6.07, 6.45) is 3.16. The van der Waals surface area contributed by atoms with Crippen molar-refractivity contribution in [2.24, 2.45) is 0 Å². The molecule has 0 unspecified atom stereocenters. The highest BCUT2D eigenvalue weighted by Crippen LogP contribution is 2.27. The first-order valence-corrected chi connectivity index (χ1v) is 9.39. The van der Waals surface area contributed by atoms with Crippen molar-refractivity contribution in [3.8, 4) is 0 Å². The van der Waals surface area contributed by atoms with Gasteiger partial charge in [0.25, 0.3) is 5.91 Å². The van der Waals surface area contributed by atoms with Crippen molar-refractivity contribution in [3.63, 3.8) is 0 Å². The zero-order valence-corrected chi connectivity index (χ0v) is 14.5. The lowest BCUT2D eigenvalue weighted by molar-refractivity contribution is 0.0935. The van der Waals surface area contributed by atoms with Crippen LogP contribution in [0, 0.1) is 0 Å². The Labute approximate surface area is 145 Å². The first-order chi connectivity index (χ1) is 11.4. The second kappa shape index (κ2) is 6.58. The van der Waals surface area contributed by atoms with Crippen LogP contribution < -0.4 is 10.0 Å². The molecule has 2 aromatic rings. The van der Waals surface area contributed by atoms with Crippen molar-refractivity contribution in [2.75, 3.05) is 0 Å². The van der Waals surface area contributed by atoms with E-state index in [9.17, 15) is 13.2 Å². The van der Waals surface area contributed by atoms with E-state index in [1.807, 2.05) is 0 Å². The number of hydrogen-bond acceptors (Lipinski definition) is 4. The van der Waals surface area contributed by atoms with Gasteiger partial charge < -0.3 is 9.73 Å². The number of amides is 1. The Hall–Kier alpha value is -1.83. The Morgan fingerprint density at radius 3 is 2.71 bits per heavy atom. The minimum absolute atomic E-state index is 0.0393. The van der Waals surface area contributed by atoms with Gasteiger partial charge in [0.2, 0.25) is 10.0 Å². The lowest BCUT2D eigenvalue weighted by Crippen LogP contribution is -2.28. The van der Waals surface area contributed by atoms with Crippen LogP contribution in [0.15, 0.2) is 45.9 Å². The molecule has 1 aliphatic carbocycles. The number of furan rings is 1. The summed E-state index contributed by atoms with van der Waals surface area (Å²) < 4.78 is 32.5. The van der Waals surface area contributed by atoms with Gasteiger partial charge in [-0.3, -0.25) is 4.79 Å². The first-order valence-electron chi connectivity index (χ1n) is 7.53. The summed E-state index contributed by atoms with van der Waals surface area (Å²) in [7, 11) is -3.74. The fourth-order valence-electron chi connectivity index (χ4n) is 2.22. The summed E-state index contributed by atoms with van der Waals surface area (Å²) in [5, 5.41) is 2.84. The van der Waals surface area contributed by atoms with Gasteiger partial charge >= 0.3 is 0 Å². The molecule has 1 aromatic carbocycles. The van der Waals surface area contributed by atoms with E-state index in [2.05, 4.69) is 10.0 Å². The van der Waals surface area contributed by atoms with Gasteiger partial charge in [-0.2, -0.15) is 0 Å². The molecule has 1 heterocycles. The van der Waals surface area contributed by atoms with E-state index in [0.29, 0.717) is 5.76 Å². The van der Waals surface area contributed by atoms with Crippen molar-refractivity contribution in [3.05, 3.63) is 52.9 Å². The van der Waals surface area contributed by atoms with Crippen molar-refractivity contribution in [1.29, 1.82) is 0 Å². The monoisotopic (exact) mass is 368 g/mol. The Bertz CT molecular complexity index is 845.